The van der Waals surface area contributed by atoms with Crippen molar-refractivity contribution in [2.45, 2.75) is 43.0 Å². The minimum atomic E-state index is -3.53. The third-order valence-corrected chi connectivity index (χ3v) is 8.63. The molecular formula is C22H23NO3S. The summed E-state index contributed by atoms with van der Waals surface area (Å²) in [5.74, 6) is 2.72. The molecule has 0 radical (unpaired) electrons. The number of rotatable bonds is 3. The Balaban J connectivity index is 1.36. The number of nitrogens with one attached hydrogen (secondary N) is 1. The fourth-order valence-electron chi connectivity index (χ4n) is 6.24. The van der Waals surface area contributed by atoms with E-state index in [1.54, 1.807) is 18.2 Å². The van der Waals surface area contributed by atoms with E-state index in [0.29, 0.717) is 16.7 Å². The number of hydrogen-bond donors (Lipinski definition) is 1. The van der Waals surface area contributed by atoms with Gasteiger partial charge in [-0.15, -0.1) is 0 Å². The van der Waals surface area contributed by atoms with Gasteiger partial charge in [0.25, 0.3) is 0 Å². The summed E-state index contributed by atoms with van der Waals surface area (Å²) in [6.07, 6.45) is 6.17. The van der Waals surface area contributed by atoms with Gasteiger partial charge in [-0.2, -0.15) is 0 Å². The molecule has 27 heavy (non-hydrogen) atoms. The van der Waals surface area contributed by atoms with E-state index in [4.69, 9.17) is 4.42 Å². The van der Waals surface area contributed by atoms with E-state index >= 15 is 0 Å². The van der Waals surface area contributed by atoms with Crippen LogP contribution in [-0.2, 0) is 10.0 Å². The van der Waals surface area contributed by atoms with Crippen LogP contribution in [0, 0.1) is 23.7 Å². The Morgan fingerprint density at radius 2 is 1.48 bits per heavy atom. The third kappa shape index (κ3) is 2.48. The summed E-state index contributed by atoms with van der Waals surface area (Å²) >= 11 is 0. The predicted octanol–water partition coefficient (Wildman–Crippen LogP) is 4.69. The SMILES string of the molecule is O=S(=O)(NC1C2CC3CC(C2)CC1C3)c1ccc2oc3ccccc3c2c1. The molecule has 4 bridgehead atoms. The fraction of sp³-hybridized carbons (Fsp3) is 0.455. The standard InChI is InChI=1S/C22H23NO3S/c24-27(25,23-22-15-8-13-7-14(10-15)11-16(22)9-13)17-5-6-21-19(12-17)18-3-1-2-4-20(18)26-21/h1-6,12-16,22-23H,7-11H2. The van der Waals surface area contributed by atoms with Crippen LogP contribution in [0.25, 0.3) is 21.9 Å². The van der Waals surface area contributed by atoms with E-state index in [9.17, 15) is 8.42 Å². The average Bonchev–Trinajstić information content (AvgIpc) is 3.02. The molecule has 7 rings (SSSR count). The van der Waals surface area contributed by atoms with Gasteiger partial charge < -0.3 is 4.42 Å². The molecule has 140 valence electrons. The van der Waals surface area contributed by atoms with Gasteiger partial charge in [-0.25, -0.2) is 13.1 Å². The molecule has 1 heterocycles. The summed E-state index contributed by atoms with van der Waals surface area (Å²) in [7, 11) is -3.53. The molecule has 0 unspecified atom stereocenters. The number of hydrogen-bond acceptors (Lipinski definition) is 3. The van der Waals surface area contributed by atoms with E-state index in [1.165, 1.54) is 32.1 Å². The van der Waals surface area contributed by atoms with Crippen LogP contribution in [0.2, 0.25) is 0 Å². The summed E-state index contributed by atoms with van der Waals surface area (Å²) in [6.45, 7) is 0. The Kier molecular flexibility index (Phi) is 3.34. The number of furan rings is 1. The molecule has 4 aliphatic carbocycles. The average molecular weight is 381 g/mol. The summed E-state index contributed by atoms with van der Waals surface area (Å²) in [4.78, 5) is 0.343. The van der Waals surface area contributed by atoms with Gasteiger partial charge in [-0.1, -0.05) is 18.2 Å². The van der Waals surface area contributed by atoms with Crippen LogP contribution in [0.3, 0.4) is 0 Å². The van der Waals surface area contributed by atoms with Gasteiger partial charge in [0.05, 0.1) is 4.90 Å². The molecule has 0 spiro atoms. The molecule has 4 nitrogen and oxygen atoms in total. The molecule has 1 N–H and O–H groups in total. The lowest BCUT2D eigenvalue weighted by Gasteiger charge is -2.54. The van der Waals surface area contributed by atoms with Crippen LogP contribution in [0.1, 0.15) is 32.1 Å². The molecule has 4 fully saturated rings. The van der Waals surface area contributed by atoms with Gasteiger partial charge in [0.1, 0.15) is 11.2 Å². The van der Waals surface area contributed by atoms with E-state index < -0.39 is 10.0 Å². The first-order valence-corrected chi connectivity index (χ1v) is 11.5. The Morgan fingerprint density at radius 1 is 0.815 bits per heavy atom. The van der Waals surface area contributed by atoms with Crippen LogP contribution in [-0.4, -0.2) is 14.5 Å². The van der Waals surface area contributed by atoms with Gasteiger partial charge in [-0.3, -0.25) is 0 Å². The van der Waals surface area contributed by atoms with Crippen molar-refractivity contribution in [3.63, 3.8) is 0 Å². The lowest BCUT2D eigenvalue weighted by atomic mass is 9.54. The van der Waals surface area contributed by atoms with Crippen molar-refractivity contribution >= 4 is 32.0 Å². The highest BCUT2D eigenvalue weighted by atomic mass is 32.2. The maximum atomic E-state index is 13.2. The van der Waals surface area contributed by atoms with Crippen molar-refractivity contribution in [3.8, 4) is 0 Å². The Hall–Kier alpha value is -1.85. The highest BCUT2D eigenvalue weighted by Gasteiger charge is 2.49. The van der Waals surface area contributed by atoms with Crippen LogP contribution >= 0.6 is 0 Å². The van der Waals surface area contributed by atoms with Crippen LogP contribution in [0.5, 0.6) is 0 Å². The van der Waals surface area contributed by atoms with E-state index in [0.717, 1.165) is 33.8 Å². The molecule has 3 aromatic rings. The zero-order chi connectivity index (χ0) is 18.2. The van der Waals surface area contributed by atoms with Gasteiger partial charge in [-0.05, 0) is 80.0 Å². The highest BCUT2D eigenvalue weighted by molar-refractivity contribution is 7.89. The third-order valence-electron chi connectivity index (χ3n) is 7.18. The van der Waals surface area contributed by atoms with E-state index in [2.05, 4.69) is 4.72 Å². The van der Waals surface area contributed by atoms with Gasteiger partial charge >= 0.3 is 0 Å². The minimum Gasteiger partial charge on any atom is -0.456 e. The highest BCUT2D eigenvalue weighted by Crippen LogP contribution is 2.54. The van der Waals surface area contributed by atoms with Crippen LogP contribution in [0.15, 0.2) is 51.8 Å². The number of sulfonamides is 1. The van der Waals surface area contributed by atoms with E-state index in [-0.39, 0.29) is 6.04 Å². The Morgan fingerprint density at radius 3 is 2.22 bits per heavy atom. The molecule has 2 aromatic carbocycles. The molecule has 4 aliphatic rings. The molecule has 0 saturated heterocycles. The molecule has 0 atom stereocenters. The first-order valence-electron chi connectivity index (χ1n) is 10.0. The fourth-order valence-corrected chi connectivity index (χ4v) is 7.64. The van der Waals surface area contributed by atoms with Crippen LogP contribution in [0.4, 0.5) is 0 Å². The largest absolute Gasteiger partial charge is 0.456 e. The quantitative estimate of drug-likeness (QED) is 0.716. The van der Waals surface area contributed by atoms with Crippen molar-refractivity contribution in [1.82, 2.24) is 4.72 Å². The lowest BCUT2D eigenvalue weighted by Crippen LogP contribution is -2.55. The topological polar surface area (TPSA) is 59.3 Å². The van der Waals surface area contributed by atoms with Crippen molar-refractivity contribution in [2.75, 3.05) is 0 Å². The summed E-state index contributed by atoms with van der Waals surface area (Å²) in [6, 6.07) is 13.1. The first kappa shape index (κ1) is 16.1. The number of fused-ring (bicyclic) bond motifs is 3. The molecule has 0 aliphatic heterocycles. The second-order valence-electron chi connectivity index (χ2n) is 8.83. The second-order valence-corrected chi connectivity index (χ2v) is 10.5. The second kappa shape index (κ2) is 5.58. The van der Waals surface area contributed by atoms with Crippen molar-refractivity contribution < 1.29 is 12.8 Å². The monoisotopic (exact) mass is 381 g/mol. The minimum absolute atomic E-state index is 0.111. The number of benzene rings is 2. The molecular weight excluding hydrogens is 358 g/mol. The predicted molar refractivity (Wildman–Crippen MR) is 105 cm³/mol. The van der Waals surface area contributed by atoms with Gasteiger partial charge in [0.2, 0.25) is 10.0 Å². The van der Waals surface area contributed by atoms with Crippen molar-refractivity contribution in [2.24, 2.45) is 23.7 Å². The molecule has 4 saturated carbocycles. The maximum absolute atomic E-state index is 13.2. The zero-order valence-corrected chi connectivity index (χ0v) is 15.9. The van der Waals surface area contributed by atoms with E-state index in [1.807, 2.05) is 24.3 Å². The Bertz CT molecular complexity index is 1120. The summed E-state index contributed by atoms with van der Waals surface area (Å²) < 4.78 is 35.3. The normalized spacial score (nSPS) is 32.5. The van der Waals surface area contributed by atoms with Crippen molar-refractivity contribution in [3.05, 3.63) is 42.5 Å². The molecule has 5 heteroatoms. The first-order chi connectivity index (χ1) is 13.1. The number of para-hydroxylation sites is 1. The maximum Gasteiger partial charge on any atom is 0.240 e. The van der Waals surface area contributed by atoms with Crippen LogP contribution < -0.4 is 4.72 Å². The van der Waals surface area contributed by atoms with Crippen molar-refractivity contribution in [1.29, 1.82) is 0 Å². The molecule has 1 aromatic heterocycles. The zero-order valence-electron chi connectivity index (χ0n) is 15.1. The lowest BCUT2D eigenvalue weighted by molar-refractivity contribution is -0.00557. The van der Waals surface area contributed by atoms with Gasteiger partial charge in [0.15, 0.2) is 0 Å². The summed E-state index contributed by atoms with van der Waals surface area (Å²) in [5, 5.41) is 1.82. The Labute approximate surface area is 159 Å². The smallest absolute Gasteiger partial charge is 0.240 e. The van der Waals surface area contributed by atoms with Gasteiger partial charge in [0, 0.05) is 16.8 Å². The molecule has 0 amide bonds. The summed E-state index contributed by atoms with van der Waals surface area (Å²) in [5.41, 5.74) is 1.51.